The molecular formula is C12H19ClN4O2S. The number of pyridine rings is 1. The van der Waals surface area contributed by atoms with Crippen LogP contribution in [0.15, 0.2) is 17.2 Å². The molecule has 1 fully saturated rings. The Bertz CT molecular complexity index is 579. The van der Waals surface area contributed by atoms with Crippen molar-refractivity contribution in [3.05, 3.63) is 17.3 Å². The molecule has 8 heteroatoms. The van der Waals surface area contributed by atoms with Crippen LogP contribution in [0.3, 0.4) is 0 Å². The van der Waals surface area contributed by atoms with E-state index in [2.05, 4.69) is 19.9 Å². The van der Waals surface area contributed by atoms with E-state index in [9.17, 15) is 8.42 Å². The fourth-order valence-corrected chi connectivity index (χ4v) is 3.71. The van der Waals surface area contributed by atoms with E-state index in [0.717, 1.165) is 19.5 Å². The maximum atomic E-state index is 12.3. The Labute approximate surface area is 124 Å². The summed E-state index contributed by atoms with van der Waals surface area (Å²) in [6.45, 7) is 4.20. The van der Waals surface area contributed by atoms with Gasteiger partial charge in [0.25, 0.3) is 0 Å². The number of nitrogens with one attached hydrogen (secondary N) is 2. The summed E-state index contributed by atoms with van der Waals surface area (Å²) in [5, 5.41) is 3.27. The molecule has 2 N–H and O–H groups in total. The van der Waals surface area contributed by atoms with E-state index >= 15 is 0 Å². The third kappa shape index (κ3) is 3.60. The first kappa shape index (κ1) is 15.5. The molecule has 0 aromatic carbocycles. The topological polar surface area (TPSA) is 74.3 Å². The van der Waals surface area contributed by atoms with Crippen LogP contribution < -0.4 is 10.0 Å². The average Bonchev–Trinajstić information content (AvgIpc) is 2.76. The molecule has 0 saturated carbocycles. The molecule has 6 nitrogen and oxygen atoms in total. The molecule has 2 heterocycles. The molecule has 0 bridgehead atoms. The normalized spacial score (nSPS) is 20.2. The zero-order valence-electron chi connectivity index (χ0n) is 11.6. The number of anilines is 1. The minimum atomic E-state index is -3.57. The summed E-state index contributed by atoms with van der Waals surface area (Å²) in [6.07, 6.45) is 2.14. The van der Waals surface area contributed by atoms with Crippen LogP contribution >= 0.6 is 11.6 Å². The van der Waals surface area contributed by atoms with E-state index < -0.39 is 10.0 Å². The average molecular weight is 319 g/mol. The number of nitrogens with zero attached hydrogens (tertiary/aromatic N) is 2. The predicted molar refractivity (Wildman–Crippen MR) is 79.6 cm³/mol. The first-order chi connectivity index (χ1) is 9.42. The van der Waals surface area contributed by atoms with Crippen LogP contribution in [0.25, 0.3) is 0 Å². The van der Waals surface area contributed by atoms with Crippen molar-refractivity contribution in [1.29, 1.82) is 0 Å². The van der Waals surface area contributed by atoms with Gasteiger partial charge in [-0.05, 0) is 33.0 Å². The van der Waals surface area contributed by atoms with Crippen molar-refractivity contribution in [1.82, 2.24) is 14.6 Å². The summed E-state index contributed by atoms with van der Waals surface area (Å²) in [7, 11) is -1.60. The highest BCUT2D eigenvalue weighted by Crippen LogP contribution is 2.22. The number of sulfonamides is 1. The highest BCUT2D eigenvalue weighted by Gasteiger charge is 2.26. The standard InChI is InChI=1S/C12H19ClN4O2S/c1-3-14-12-11(13)6-10(7-15-12)20(18,19)16-9-4-5-17(2)8-9/h6-7,9,16H,3-5,8H2,1-2H3,(H,14,15). The highest BCUT2D eigenvalue weighted by atomic mass is 35.5. The van der Waals surface area contributed by atoms with Crippen molar-refractivity contribution in [3.8, 4) is 0 Å². The van der Waals surface area contributed by atoms with E-state index in [4.69, 9.17) is 11.6 Å². The van der Waals surface area contributed by atoms with Gasteiger partial charge in [-0.15, -0.1) is 0 Å². The number of likely N-dealkylation sites (N-methyl/N-ethyl adjacent to an activating group) is 1. The van der Waals surface area contributed by atoms with E-state index in [1.165, 1.54) is 12.3 Å². The molecule has 0 spiro atoms. The molecule has 1 aliphatic heterocycles. The third-order valence-electron chi connectivity index (χ3n) is 3.18. The van der Waals surface area contributed by atoms with E-state index in [1.54, 1.807) is 0 Å². The lowest BCUT2D eigenvalue weighted by molar-refractivity contribution is 0.407. The molecule has 20 heavy (non-hydrogen) atoms. The van der Waals surface area contributed by atoms with Gasteiger partial charge < -0.3 is 10.2 Å². The van der Waals surface area contributed by atoms with Gasteiger partial charge in [0.05, 0.1) is 5.02 Å². The summed E-state index contributed by atoms with van der Waals surface area (Å²) < 4.78 is 27.2. The number of hydrogen-bond donors (Lipinski definition) is 2. The van der Waals surface area contributed by atoms with Crippen LogP contribution in [0, 0.1) is 0 Å². The van der Waals surface area contributed by atoms with Crippen LogP contribution in [-0.4, -0.2) is 51.0 Å². The third-order valence-corrected chi connectivity index (χ3v) is 4.96. The molecule has 2 rings (SSSR count). The van der Waals surface area contributed by atoms with E-state index in [-0.39, 0.29) is 10.9 Å². The summed E-state index contributed by atoms with van der Waals surface area (Å²) in [5.74, 6) is 0.494. The molecule has 1 saturated heterocycles. The van der Waals surface area contributed by atoms with Gasteiger partial charge in [-0.2, -0.15) is 0 Å². The Morgan fingerprint density at radius 2 is 2.30 bits per heavy atom. The molecule has 0 amide bonds. The fraction of sp³-hybridized carbons (Fsp3) is 0.583. The van der Waals surface area contributed by atoms with Gasteiger partial charge in [0.15, 0.2) is 0 Å². The zero-order valence-corrected chi connectivity index (χ0v) is 13.1. The van der Waals surface area contributed by atoms with Crippen molar-refractivity contribution in [2.24, 2.45) is 0 Å². The van der Waals surface area contributed by atoms with Crippen LogP contribution in [0.2, 0.25) is 5.02 Å². The molecule has 1 aromatic rings. The Morgan fingerprint density at radius 3 is 2.85 bits per heavy atom. The van der Waals surface area contributed by atoms with Crippen molar-refractivity contribution in [2.45, 2.75) is 24.3 Å². The smallest absolute Gasteiger partial charge is 0.242 e. The first-order valence-corrected chi connectivity index (χ1v) is 8.39. The lowest BCUT2D eigenvalue weighted by Gasteiger charge is -2.14. The zero-order chi connectivity index (χ0) is 14.8. The van der Waals surface area contributed by atoms with E-state index in [1.807, 2.05) is 14.0 Å². The maximum Gasteiger partial charge on any atom is 0.242 e. The van der Waals surface area contributed by atoms with Crippen molar-refractivity contribution < 1.29 is 8.42 Å². The van der Waals surface area contributed by atoms with Gasteiger partial charge in [0.1, 0.15) is 10.7 Å². The van der Waals surface area contributed by atoms with Gasteiger partial charge in [-0.3, -0.25) is 0 Å². The minimum Gasteiger partial charge on any atom is -0.369 e. The monoisotopic (exact) mass is 318 g/mol. The fourth-order valence-electron chi connectivity index (χ4n) is 2.18. The Balaban J connectivity index is 2.15. The second kappa shape index (κ2) is 6.26. The van der Waals surface area contributed by atoms with Crippen LogP contribution in [0.5, 0.6) is 0 Å². The second-order valence-corrected chi connectivity index (χ2v) is 7.02. The predicted octanol–water partition coefficient (Wildman–Crippen LogP) is 1.15. The van der Waals surface area contributed by atoms with Gasteiger partial charge in [0, 0.05) is 25.3 Å². The lowest BCUT2D eigenvalue weighted by Crippen LogP contribution is -2.36. The van der Waals surface area contributed by atoms with Crippen molar-refractivity contribution in [3.63, 3.8) is 0 Å². The molecule has 1 aromatic heterocycles. The first-order valence-electron chi connectivity index (χ1n) is 6.52. The molecule has 1 aliphatic rings. The summed E-state index contributed by atoms with van der Waals surface area (Å²) in [4.78, 5) is 6.24. The van der Waals surface area contributed by atoms with Gasteiger partial charge >= 0.3 is 0 Å². The number of rotatable bonds is 5. The number of halogens is 1. The Morgan fingerprint density at radius 1 is 1.55 bits per heavy atom. The molecule has 1 unspecified atom stereocenters. The summed E-state index contributed by atoms with van der Waals surface area (Å²) >= 11 is 6.03. The van der Waals surface area contributed by atoms with Crippen LogP contribution in [0.4, 0.5) is 5.82 Å². The quantitative estimate of drug-likeness (QED) is 0.852. The molecule has 1 atom stereocenters. The van der Waals surface area contributed by atoms with Gasteiger partial charge in [0.2, 0.25) is 10.0 Å². The summed E-state index contributed by atoms with van der Waals surface area (Å²) in [5.41, 5.74) is 0. The molecule has 112 valence electrons. The van der Waals surface area contributed by atoms with Gasteiger partial charge in [-0.25, -0.2) is 18.1 Å². The largest absolute Gasteiger partial charge is 0.369 e. The summed E-state index contributed by atoms with van der Waals surface area (Å²) in [6, 6.07) is 1.37. The second-order valence-electron chi connectivity index (χ2n) is 4.90. The Kier molecular flexibility index (Phi) is 4.85. The molecular weight excluding hydrogens is 300 g/mol. The lowest BCUT2D eigenvalue weighted by atomic mass is 10.3. The molecule has 0 aliphatic carbocycles. The highest BCUT2D eigenvalue weighted by molar-refractivity contribution is 7.89. The number of likely N-dealkylation sites (tertiary alicyclic amines) is 1. The van der Waals surface area contributed by atoms with Gasteiger partial charge in [-0.1, -0.05) is 11.6 Å². The van der Waals surface area contributed by atoms with Crippen LogP contribution in [0.1, 0.15) is 13.3 Å². The SMILES string of the molecule is CCNc1ncc(S(=O)(=O)NC2CCN(C)C2)cc1Cl. The van der Waals surface area contributed by atoms with Crippen molar-refractivity contribution in [2.75, 3.05) is 32.0 Å². The number of hydrogen-bond acceptors (Lipinski definition) is 5. The van der Waals surface area contributed by atoms with Crippen LogP contribution in [-0.2, 0) is 10.0 Å². The molecule has 0 radical (unpaired) electrons. The van der Waals surface area contributed by atoms with E-state index in [0.29, 0.717) is 17.4 Å². The van der Waals surface area contributed by atoms with Crippen molar-refractivity contribution >= 4 is 27.4 Å². The number of aromatic nitrogens is 1. The Hall–Kier alpha value is -0.890. The minimum absolute atomic E-state index is 0.0581. The maximum absolute atomic E-state index is 12.3.